The van der Waals surface area contributed by atoms with Crippen molar-refractivity contribution in [3.8, 4) is 0 Å². The number of carbonyl (C=O) groups excluding carboxylic acids is 2. The van der Waals surface area contributed by atoms with E-state index in [0.29, 0.717) is 5.92 Å². The number of carbonyl (C=O) groups is 2. The van der Waals surface area contributed by atoms with E-state index in [1.165, 1.54) is 0 Å². The number of amides is 3. The molecule has 0 radical (unpaired) electrons. The van der Waals surface area contributed by atoms with Crippen LogP contribution < -0.4 is 10.6 Å². The van der Waals surface area contributed by atoms with Gasteiger partial charge in [0.1, 0.15) is 0 Å². The van der Waals surface area contributed by atoms with Gasteiger partial charge < -0.3 is 20.3 Å². The van der Waals surface area contributed by atoms with Gasteiger partial charge in [0.25, 0.3) is 0 Å². The fraction of sp³-hybridized carbons (Fsp3) is 0.875. The van der Waals surface area contributed by atoms with E-state index in [9.17, 15) is 9.59 Å². The molecule has 3 atom stereocenters. The number of likely N-dealkylation sites (tertiary alicyclic amines) is 1. The van der Waals surface area contributed by atoms with Crippen LogP contribution in [0, 0.1) is 11.8 Å². The van der Waals surface area contributed by atoms with Crippen LogP contribution in [0.25, 0.3) is 0 Å². The van der Waals surface area contributed by atoms with Crippen molar-refractivity contribution in [2.45, 2.75) is 45.1 Å². The lowest BCUT2D eigenvalue weighted by Crippen LogP contribution is -2.51. The van der Waals surface area contributed by atoms with Crippen molar-refractivity contribution < 1.29 is 14.3 Å². The molecule has 3 unspecified atom stereocenters. The topological polar surface area (TPSA) is 70.7 Å². The molecule has 1 aliphatic carbocycles. The molecule has 2 fully saturated rings. The van der Waals surface area contributed by atoms with Gasteiger partial charge >= 0.3 is 6.03 Å². The standard InChI is InChI=1S/C16H29N3O3/c1-3-22-11-12-8-9-19(10-12)16(21)18-14-7-5-4-6-13(14)15(20)17-2/h12-14H,3-11H2,1-2H3,(H,17,20)(H,18,21). The van der Waals surface area contributed by atoms with E-state index in [1.807, 2.05) is 11.8 Å². The number of ether oxygens (including phenoxy) is 1. The van der Waals surface area contributed by atoms with Crippen molar-refractivity contribution in [1.29, 1.82) is 0 Å². The van der Waals surface area contributed by atoms with Crippen molar-refractivity contribution in [2.75, 3.05) is 33.4 Å². The van der Waals surface area contributed by atoms with Crippen molar-refractivity contribution in [1.82, 2.24) is 15.5 Å². The Bertz CT molecular complexity index is 389. The summed E-state index contributed by atoms with van der Waals surface area (Å²) in [4.78, 5) is 26.2. The van der Waals surface area contributed by atoms with Crippen molar-refractivity contribution >= 4 is 11.9 Å². The molecule has 1 saturated heterocycles. The van der Waals surface area contributed by atoms with Gasteiger partial charge in [-0.3, -0.25) is 4.79 Å². The first kappa shape index (κ1) is 17.1. The molecule has 1 heterocycles. The maximum atomic E-state index is 12.4. The van der Waals surface area contributed by atoms with Crippen LogP contribution in [0.1, 0.15) is 39.0 Å². The van der Waals surface area contributed by atoms with E-state index in [-0.39, 0.29) is 23.9 Å². The number of urea groups is 1. The second-order valence-electron chi connectivity index (χ2n) is 6.32. The van der Waals surface area contributed by atoms with Crippen LogP contribution in [0.15, 0.2) is 0 Å². The Hall–Kier alpha value is -1.30. The molecule has 6 heteroatoms. The van der Waals surface area contributed by atoms with E-state index >= 15 is 0 Å². The molecule has 2 aliphatic rings. The van der Waals surface area contributed by atoms with E-state index in [2.05, 4.69) is 10.6 Å². The third kappa shape index (κ3) is 4.35. The average Bonchev–Trinajstić information content (AvgIpc) is 3.01. The van der Waals surface area contributed by atoms with Crippen molar-refractivity contribution in [3.05, 3.63) is 0 Å². The molecular weight excluding hydrogens is 282 g/mol. The van der Waals surface area contributed by atoms with Crippen molar-refractivity contribution in [3.63, 3.8) is 0 Å². The highest BCUT2D eigenvalue weighted by molar-refractivity contribution is 5.81. The van der Waals surface area contributed by atoms with Gasteiger partial charge in [0.2, 0.25) is 5.91 Å². The normalized spacial score (nSPS) is 28.5. The third-order valence-corrected chi connectivity index (χ3v) is 4.79. The minimum Gasteiger partial charge on any atom is -0.381 e. The first-order valence-corrected chi connectivity index (χ1v) is 8.50. The van der Waals surface area contributed by atoms with Crippen molar-refractivity contribution in [2.24, 2.45) is 11.8 Å². The molecule has 0 aromatic carbocycles. The number of nitrogens with zero attached hydrogens (tertiary/aromatic N) is 1. The zero-order valence-corrected chi connectivity index (χ0v) is 13.8. The molecular formula is C16H29N3O3. The zero-order valence-electron chi connectivity index (χ0n) is 13.8. The zero-order chi connectivity index (χ0) is 15.9. The molecule has 0 aromatic rings. The minimum atomic E-state index is -0.0930. The summed E-state index contributed by atoms with van der Waals surface area (Å²) in [5.74, 6) is 0.386. The molecule has 0 bridgehead atoms. The number of hydrogen-bond donors (Lipinski definition) is 2. The molecule has 2 rings (SSSR count). The molecule has 22 heavy (non-hydrogen) atoms. The maximum Gasteiger partial charge on any atom is 0.317 e. The summed E-state index contributed by atoms with van der Waals surface area (Å²) in [6.45, 7) is 4.97. The lowest BCUT2D eigenvalue weighted by molar-refractivity contribution is -0.126. The fourth-order valence-corrected chi connectivity index (χ4v) is 3.49. The van der Waals surface area contributed by atoms with Crippen LogP contribution in [-0.2, 0) is 9.53 Å². The summed E-state index contributed by atoms with van der Waals surface area (Å²) in [7, 11) is 1.66. The Morgan fingerprint density at radius 3 is 2.73 bits per heavy atom. The van der Waals surface area contributed by atoms with Crippen LogP contribution in [0.5, 0.6) is 0 Å². The van der Waals surface area contributed by atoms with Gasteiger partial charge in [0.05, 0.1) is 12.5 Å². The molecule has 2 N–H and O–H groups in total. The first-order chi connectivity index (χ1) is 10.7. The van der Waals surface area contributed by atoms with Crippen LogP contribution in [0.4, 0.5) is 4.79 Å². The average molecular weight is 311 g/mol. The predicted molar refractivity (Wildman–Crippen MR) is 84.5 cm³/mol. The molecule has 0 spiro atoms. The smallest absolute Gasteiger partial charge is 0.317 e. The number of nitrogens with one attached hydrogen (secondary N) is 2. The van der Waals surface area contributed by atoms with Crippen LogP contribution >= 0.6 is 0 Å². The monoisotopic (exact) mass is 311 g/mol. The van der Waals surface area contributed by atoms with Gasteiger partial charge in [-0.2, -0.15) is 0 Å². The van der Waals surface area contributed by atoms with Gasteiger partial charge in [0, 0.05) is 38.7 Å². The number of hydrogen-bond acceptors (Lipinski definition) is 3. The van der Waals surface area contributed by atoms with Gasteiger partial charge in [-0.05, 0) is 26.2 Å². The Labute approximate surface area is 132 Å². The lowest BCUT2D eigenvalue weighted by atomic mass is 9.84. The van der Waals surface area contributed by atoms with Gasteiger partial charge in [0.15, 0.2) is 0 Å². The molecule has 1 aliphatic heterocycles. The van der Waals surface area contributed by atoms with Crippen LogP contribution in [0.2, 0.25) is 0 Å². The molecule has 1 saturated carbocycles. The Morgan fingerprint density at radius 1 is 1.23 bits per heavy atom. The summed E-state index contributed by atoms with van der Waals surface area (Å²) < 4.78 is 5.45. The van der Waals surface area contributed by atoms with Crippen LogP contribution in [0.3, 0.4) is 0 Å². The summed E-state index contributed by atoms with van der Waals surface area (Å²) in [5, 5.41) is 5.81. The third-order valence-electron chi connectivity index (χ3n) is 4.79. The summed E-state index contributed by atoms with van der Waals surface area (Å²) >= 11 is 0. The van der Waals surface area contributed by atoms with E-state index in [1.54, 1.807) is 7.05 Å². The molecule has 0 aromatic heterocycles. The van der Waals surface area contributed by atoms with E-state index in [4.69, 9.17) is 4.74 Å². The summed E-state index contributed by atoms with van der Waals surface area (Å²) in [6, 6.07) is -0.0630. The van der Waals surface area contributed by atoms with Gasteiger partial charge in [-0.25, -0.2) is 4.79 Å². The Kier molecular flexibility index (Phi) is 6.49. The number of rotatable bonds is 5. The van der Waals surface area contributed by atoms with Gasteiger partial charge in [-0.15, -0.1) is 0 Å². The lowest BCUT2D eigenvalue weighted by Gasteiger charge is -2.32. The summed E-state index contributed by atoms with van der Waals surface area (Å²) in [5.41, 5.74) is 0. The summed E-state index contributed by atoms with van der Waals surface area (Å²) in [6.07, 6.45) is 4.88. The molecule has 126 valence electrons. The second-order valence-corrected chi connectivity index (χ2v) is 6.32. The predicted octanol–water partition coefficient (Wildman–Crippen LogP) is 1.36. The minimum absolute atomic E-state index is 0.0280. The Balaban J connectivity index is 1.84. The largest absolute Gasteiger partial charge is 0.381 e. The fourth-order valence-electron chi connectivity index (χ4n) is 3.49. The van der Waals surface area contributed by atoms with E-state index in [0.717, 1.165) is 58.4 Å². The SMILES string of the molecule is CCOCC1CCN(C(=O)NC2CCCCC2C(=O)NC)C1. The van der Waals surface area contributed by atoms with Crippen LogP contribution in [-0.4, -0.2) is 56.2 Å². The highest BCUT2D eigenvalue weighted by atomic mass is 16.5. The molecule has 6 nitrogen and oxygen atoms in total. The van der Waals surface area contributed by atoms with E-state index < -0.39 is 0 Å². The molecule has 3 amide bonds. The highest BCUT2D eigenvalue weighted by Crippen LogP contribution is 2.25. The quantitative estimate of drug-likeness (QED) is 0.805. The second kappa shape index (κ2) is 8.36. The highest BCUT2D eigenvalue weighted by Gasteiger charge is 2.34. The Morgan fingerprint density at radius 2 is 2.00 bits per heavy atom. The first-order valence-electron chi connectivity index (χ1n) is 8.50. The maximum absolute atomic E-state index is 12.4. The van der Waals surface area contributed by atoms with Gasteiger partial charge in [-0.1, -0.05) is 12.8 Å².